The van der Waals surface area contributed by atoms with Crippen LogP contribution in [-0.2, 0) is 12.0 Å². The second-order valence-electron chi connectivity index (χ2n) is 7.22. The molecule has 0 unspecified atom stereocenters. The third kappa shape index (κ3) is 3.43. The van der Waals surface area contributed by atoms with Crippen molar-refractivity contribution in [2.24, 2.45) is 5.92 Å². The molecular formula is C18H27NO. The van der Waals surface area contributed by atoms with Crippen molar-refractivity contribution in [1.29, 1.82) is 0 Å². The Morgan fingerprint density at radius 2 is 1.85 bits per heavy atom. The van der Waals surface area contributed by atoms with Crippen molar-refractivity contribution in [3.8, 4) is 0 Å². The molecule has 1 heterocycles. The largest absolute Gasteiger partial charge is 0.459 e. The lowest BCUT2D eigenvalue weighted by Crippen LogP contribution is -2.18. The highest BCUT2D eigenvalue weighted by Gasteiger charge is 2.20. The number of hydrogen-bond acceptors (Lipinski definition) is 2. The molecule has 2 nitrogen and oxygen atoms in total. The summed E-state index contributed by atoms with van der Waals surface area (Å²) in [4.78, 5) is 0. The van der Waals surface area contributed by atoms with Crippen LogP contribution in [0.1, 0.15) is 51.5 Å². The van der Waals surface area contributed by atoms with Gasteiger partial charge in [0, 0.05) is 10.9 Å². The standard InChI is InChI=1S/C18H27NO/c1-12(2)10-19-11-15-9-14-7-13(3)8-16(17(14)20-15)18(4,5)6/h7-9,12,19H,10-11H2,1-6H3. The Morgan fingerprint density at radius 3 is 2.45 bits per heavy atom. The van der Waals surface area contributed by atoms with Gasteiger partial charge in [-0.2, -0.15) is 0 Å². The highest BCUT2D eigenvalue weighted by molar-refractivity contribution is 5.83. The molecule has 1 aromatic heterocycles. The van der Waals surface area contributed by atoms with Gasteiger partial charge in [0.05, 0.1) is 6.54 Å². The molecule has 2 heteroatoms. The average molecular weight is 273 g/mol. The number of fused-ring (bicyclic) bond motifs is 1. The second-order valence-corrected chi connectivity index (χ2v) is 7.22. The molecule has 0 aliphatic carbocycles. The van der Waals surface area contributed by atoms with Crippen LogP contribution in [0.5, 0.6) is 0 Å². The first-order valence-electron chi connectivity index (χ1n) is 7.51. The SMILES string of the molecule is Cc1cc(C(C)(C)C)c2oc(CNCC(C)C)cc2c1. The zero-order chi connectivity index (χ0) is 14.9. The molecule has 0 bridgehead atoms. The van der Waals surface area contributed by atoms with E-state index in [4.69, 9.17) is 4.42 Å². The van der Waals surface area contributed by atoms with Crippen molar-refractivity contribution in [2.75, 3.05) is 6.54 Å². The van der Waals surface area contributed by atoms with E-state index in [2.05, 4.69) is 65.1 Å². The van der Waals surface area contributed by atoms with E-state index in [9.17, 15) is 0 Å². The minimum Gasteiger partial charge on any atom is -0.459 e. The predicted molar refractivity (Wildman–Crippen MR) is 86.2 cm³/mol. The molecule has 2 aromatic rings. The van der Waals surface area contributed by atoms with Gasteiger partial charge in [-0.1, -0.05) is 40.7 Å². The smallest absolute Gasteiger partial charge is 0.138 e. The van der Waals surface area contributed by atoms with Crippen molar-refractivity contribution in [3.05, 3.63) is 35.1 Å². The van der Waals surface area contributed by atoms with E-state index in [-0.39, 0.29) is 5.41 Å². The molecule has 0 aliphatic heterocycles. The van der Waals surface area contributed by atoms with Gasteiger partial charge in [0.2, 0.25) is 0 Å². The molecule has 2 rings (SSSR count). The van der Waals surface area contributed by atoms with Crippen LogP contribution in [0.4, 0.5) is 0 Å². The van der Waals surface area contributed by atoms with Gasteiger partial charge in [0.15, 0.2) is 0 Å². The first-order chi connectivity index (χ1) is 9.27. The number of rotatable bonds is 4. The van der Waals surface area contributed by atoms with E-state index in [0.717, 1.165) is 24.4 Å². The fourth-order valence-electron chi connectivity index (χ4n) is 2.48. The van der Waals surface area contributed by atoms with Crippen LogP contribution in [0.25, 0.3) is 11.0 Å². The van der Waals surface area contributed by atoms with Crippen LogP contribution in [0, 0.1) is 12.8 Å². The second kappa shape index (κ2) is 5.61. The highest BCUT2D eigenvalue weighted by atomic mass is 16.3. The third-order valence-electron chi connectivity index (χ3n) is 3.47. The maximum Gasteiger partial charge on any atom is 0.138 e. The van der Waals surface area contributed by atoms with Crippen molar-refractivity contribution < 1.29 is 4.42 Å². The van der Waals surface area contributed by atoms with E-state index < -0.39 is 0 Å². The summed E-state index contributed by atoms with van der Waals surface area (Å²) in [7, 11) is 0. The van der Waals surface area contributed by atoms with Gasteiger partial charge in [0.25, 0.3) is 0 Å². The molecule has 0 aliphatic rings. The summed E-state index contributed by atoms with van der Waals surface area (Å²) in [5.41, 5.74) is 3.74. The van der Waals surface area contributed by atoms with Gasteiger partial charge < -0.3 is 9.73 Å². The Hall–Kier alpha value is -1.28. The Labute approximate surface area is 122 Å². The molecule has 0 amide bonds. The van der Waals surface area contributed by atoms with Crippen molar-refractivity contribution in [2.45, 2.75) is 53.5 Å². The van der Waals surface area contributed by atoms with Crippen molar-refractivity contribution in [1.82, 2.24) is 5.32 Å². The van der Waals surface area contributed by atoms with Gasteiger partial charge in [-0.25, -0.2) is 0 Å². The van der Waals surface area contributed by atoms with E-state index in [1.807, 2.05) is 0 Å². The van der Waals surface area contributed by atoms with Gasteiger partial charge in [-0.05, 0) is 42.5 Å². The minimum atomic E-state index is 0.102. The first kappa shape index (κ1) is 15.1. The van der Waals surface area contributed by atoms with Gasteiger partial charge in [0.1, 0.15) is 11.3 Å². The zero-order valence-corrected chi connectivity index (χ0v) is 13.6. The summed E-state index contributed by atoms with van der Waals surface area (Å²) in [6, 6.07) is 6.63. The van der Waals surface area contributed by atoms with Crippen LogP contribution in [-0.4, -0.2) is 6.54 Å². The molecule has 0 saturated carbocycles. The molecule has 0 radical (unpaired) electrons. The van der Waals surface area contributed by atoms with E-state index >= 15 is 0 Å². The summed E-state index contributed by atoms with van der Waals surface area (Å²) >= 11 is 0. The number of nitrogens with one attached hydrogen (secondary N) is 1. The van der Waals surface area contributed by atoms with E-state index in [1.165, 1.54) is 16.5 Å². The van der Waals surface area contributed by atoms with E-state index in [1.54, 1.807) is 0 Å². The van der Waals surface area contributed by atoms with Gasteiger partial charge in [-0.3, -0.25) is 0 Å². The molecular weight excluding hydrogens is 246 g/mol. The molecule has 0 fully saturated rings. The van der Waals surface area contributed by atoms with Crippen LogP contribution >= 0.6 is 0 Å². The first-order valence-corrected chi connectivity index (χ1v) is 7.51. The van der Waals surface area contributed by atoms with Crippen LogP contribution < -0.4 is 5.32 Å². The molecule has 0 spiro atoms. The zero-order valence-electron chi connectivity index (χ0n) is 13.6. The normalized spacial score (nSPS) is 12.6. The number of furan rings is 1. The lowest BCUT2D eigenvalue weighted by atomic mass is 9.85. The maximum atomic E-state index is 6.10. The fraction of sp³-hybridized carbons (Fsp3) is 0.556. The number of benzene rings is 1. The maximum absolute atomic E-state index is 6.10. The summed E-state index contributed by atoms with van der Waals surface area (Å²) in [5, 5.41) is 4.66. The lowest BCUT2D eigenvalue weighted by molar-refractivity contribution is 0.478. The van der Waals surface area contributed by atoms with Gasteiger partial charge in [-0.15, -0.1) is 0 Å². The number of aryl methyl sites for hydroxylation is 1. The summed E-state index contributed by atoms with van der Waals surface area (Å²) in [6.45, 7) is 15.1. The molecule has 1 aromatic carbocycles. The Kier molecular flexibility index (Phi) is 4.24. The molecule has 110 valence electrons. The fourth-order valence-corrected chi connectivity index (χ4v) is 2.48. The van der Waals surface area contributed by atoms with Crippen LogP contribution in [0.2, 0.25) is 0 Å². The lowest BCUT2D eigenvalue weighted by Gasteiger charge is -2.19. The van der Waals surface area contributed by atoms with Gasteiger partial charge >= 0.3 is 0 Å². The number of hydrogen-bond donors (Lipinski definition) is 1. The summed E-state index contributed by atoms with van der Waals surface area (Å²) in [6.07, 6.45) is 0. The van der Waals surface area contributed by atoms with Crippen LogP contribution in [0.3, 0.4) is 0 Å². The quantitative estimate of drug-likeness (QED) is 0.867. The minimum absolute atomic E-state index is 0.102. The third-order valence-corrected chi connectivity index (χ3v) is 3.47. The Bertz CT molecular complexity index is 587. The topological polar surface area (TPSA) is 25.2 Å². The summed E-state index contributed by atoms with van der Waals surface area (Å²) in [5.74, 6) is 1.68. The highest BCUT2D eigenvalue weighted by Crippen LogP contribution is 2.33. The Balaban J connectivity index is 2.33. The molecule has 1 N–H and O–H groups in total. The van der Waals surface area contributed by atoms with Crippen molar-refractivity contribution >= 4 is 11.0 Å². The summed E-state index contributed by atoms with van der Waals surface area (Å²) < 4.78 is 6.10. The average Bonchev–Trinajstić information content (AvgIpc) is 2.68. The van der Waals surface area contributed by atoms with Crippen LogP contribution in [0.15, 0.2) is 22.6 Å². The molecule has 0 saturated heterocycles. The van der Waals surface area contributed by atoms with Crippen molar-refractivity contribution in [3.63, 3.8) is 0 Å². The van der Waals surface area contributed by atoms with E-state index in [0.29, 0.717) is 5.92 Å². The predicted octanol–water partition coefficient (Wildman–Crippen LogP) is 4.78. The monoisotopic (exact) mass is 273 g/mol. The molecule has 20 heavy (non-hydrogen) atoms. The Morgan fingerprint density at radius 1 is 1.15 bits per heavy atom. The molecule has 0 atom stereocenters.